The molecule has 0 saturated heterocycles. The minimum Gasteiger partial charge on any atom is -0.387 e. The van der Waals surface area contributed by atoms with Crippen LogP contribution in [0.4, 0.5) is 0 Å². The summed E-state index contributed by atoms with van der Waals surface area (Å²) < 4.78 is 23.6. The predicted octanol–water partition coefficient (Wildman–Crippen LogP) is 15.0. The molecule has 0 aliphatic carbocycles. The van der Waals surface area contributed by atoms with Gasteiger partial charge in [-0.1, -0.05) is 193 Å². The highest BCUT2D eigenvalue weighted by atomic mass is 31.2. The minimum atomic E-state index is -4.37. The summed E-state index contributed by atoms with van der Waals surface area (Å²) in [6.45, 7) is 4.62. The maximum Gasteiger partial charge on any atom is 0.472 e. The predicted molar refractivity (Wildman–Crippen MR) is 281 cm³/mol. The number of hydrogen-bond donors (Lipinski definition) is 3. The van der Waals surface area contributed by atoms with Crippen LogP contribution in [0, 0.1) is 0 Å². The van der Waals surface area contributed by atoms with Gasteiger partial charge in [-0.25, -0.2) is 4.57 Å². The van der Waals surface area contributed by atoms with Crippen LogP contribution in [-0.2, 0) is 18.4 Å². The fourth-order valence-corrected chi connectivity index (χ4v) is 7.16. The van der Waals surface area contributed by atoms with Crippen molar-refractivity contribution in [2.24, 2.45) is 0 Å². The van der Waals surface area contributed by atoms with Gasteiger partial charge in [0.2, 0.25) is 5.91 Å². The standard InChI is InChI=1S/C56H95N2O6P/c1-6-8-10-12-14-16-18-20-22-24-25-26-27-28-29-30-31-32-33-34-36-38-40-42-44-46-48-50-56(60)57-54(53-64-65(61,62)63-52-51-58(3,4)5)55(59)49-47-45-43-41-39-37-35-23-21-19-17-15-13-11-9-7-2/h8,10,14,16,20,22,25-26,28-29,31-32,34,36,39-42,47,49,54-55,59H,6-7,9,11-13,15,17-19,21,23-24,27,30,33,35,37-38,43-46,48,50-53H2,1-5H3,(H-,57,60,61,62)/p+1/b10-8-,16-14-,22-20-,26-25-,29-28-,32-31-,36-34-,41-39+,42-40-,49-47+. The molecule has 0 heterocycles. The quantitative estimate of drug-likeness (QED) is 0.0243. The molecular weight excluding hydrogens is 828 g/mol. The van der Waals surface area contributed by atoms with Crippen LogP contribution in [0.2, 0.25) is 0 Å². The van der Waals surface area contributed by atoms with E-state index in [1.54, 1.807) is 6.08 Å². The number of phosphoric acid groups is 1. The number of aliphatic hydroxyl groups is 1. The van der Waals surface area contributed by atoms with E-state index in [1.807, 2.05) is 27.2 Å². The number of hydrogen-bond acceptors (Lipinski definition) is 5. The lowest BCUT2D eigenvalue weighted by atomic mass is 10.1. The van der Waals surface area contributed by atoms with Crippen molar-refractivity contribution in [3.8, 4) is 0 Å². The number of nitrogens with one attached hydrogen (secondary N) is 1. The Labute approximate surface area is 399 Å². The fraction of sp³-hybridized carbons (Fsp3) is 0.625. The highest BCUT2D eigenvalue weighted by Crippen LogP contribution is 2.43. The van der Waals surface area contributed by atoms with Crippen LogP contribution < -0.4 is 5.32 Å². The van der Waals surface area contributed by atoms with Gasteiger partial charge < -0.3 is 19.8 Å². The lowest BCUT2D eigenvalue weighted by Gasteiger charge is -2.25. The Morgan fingerprint density at radius 2 is 0.938 bits per heavy atom. The lowest BCUT2D eigenvalue weighted by molar-refractivity contribution is -0.870. The number of nitrogens with zero attached hydrogens (tertiary/aromatic N) is 1. The van der Waals surface area contributed by atoms with Gasteiger partial charge in [0.25, 0.3) is 0 Å². The van der Waals surface area contributed by atoms with Gasteiger partial charge in [-0.2, -0.15) is 0 Å². The maximum absolute atomic E-state index is 12.9. The molecule has 65 heavy (non-hydrogen) atoms. The van der Waals surface area contributed by atoms with Crippen molar-refractivity contribution in [3.63, 3.8) is 0 Å². The van der Waals surface area contributed by atoms with Crippen LogP contribution >= 0.6 is 7.82 Å². The molecule has 3 unspecified atom stereocenters. The second kappa shape index (κ2) is 46.0. The number of likely N-dealkylation sites (N-methyl/N-ethyl adjacent to an activating group) is 1. The molecule has 0 fully saturated rings. The van der Waals surface area contributed by atoms with Crippen LogP contribution in [0.15, 0.2) is 122 Å². The molecule has 0 saturated carbocycles. The molecule has 3 N–H and O–H groups in total. The zero-order chi connectivity index (χ0) is 47.8. The highest BCUT2D eigenvalue weighted by molar-refractivity contribution is 7.47. The third-order valence-electron chi connectivity index (χ3n) is 10.4. The smallest absolute Gasteiger partial charge is 0.387 e. The number of phosphoric ester groups is 1. The minimum absolute atomic E-state index is 0.0402. The van der Waals surface area contributed by atoms with Crippen LogP contribution in [0.3, 0.4) is 0 Å². The molecule has 0 bridgehead atoms. The molecule has 8 nitrogen and oxygen atoms in total. The number of rotatable bonds is 44. The molecule has 370 valence electrons. The Balaban J connectivity index is 4.47. The lowest BCUT2D eigenvalue weighted by Crippen LogP contribution is -2.45. The second-order valence-electron chi connectivity index (χ2n) is 17.8. The largest absolute Gasteiger partial charge is 0.472 e. The average Bonchev–Trinajstić information content (AvgIpc) is 3.26. The van der Waals surface area contributed by atoms with E-state index >= 15 is 0 Å². The van der Waals surface area contributed by atoms with Gasteiger partial charge in [0.05, 0.1) is 39.9 Å². The molecule has 0 aliphatic rings. The van der Waals surface area contributed by atoms with E-state index in [2.05, 4.69) is 129 Å². The summed E-state index contributed by atoms with van der Waals surface area (Å²) in [7, 11) is 1.50. The normalized spacial score (nSPS) is 15.1. The van der Waals surface area contributed by atoms with Gasteiger partial charge in [-0.15, -0.1) is 0 Å². The molecule has 3 atom stereocenters. The number of carbonyl (C=O) groups excluding carboxylic acids is 1. The molecule has 0 aliphatic heterocycles. The van der Waals surface area contributed by atoms with Gasteiger partial charge in [0, 0.05) is 6.42 Å². The first-order valence-corrected chi connectivity index (χ1v) is 26.9. The zero-order valence-corrected chi connectivity index (χ0v) is 42.8. The number of carbonyl (C=O) groups is 1. The molecule has 0 rings (SSSR count). The third kappa shape index (κ3) is 48.6. The fourth-order valence-electron chi connectivity index (χ4n) is 6.42. The van der Waals surface area contributed by atoms with Crippen LogP contribution in [0.1, 0.15) is 174 Å². The molecule has 0 aromatic rings. The van der Waals surface area contributed by atoms with Crippen molar-refractivity contribution in [1.82, 2.24) is 5.32 Å². The molecule has 9 heteroatoms. The monoisotopic (exact) mass is 924 g/mol. The van der Waals surface area contributed by atoms with Gasteiger partial charge in [-0.05, 0) is 96.3 Å². The van der Waals surface area contributed by atoms with Crippen LogP contribution in [0.5, 0.6) is 0 Å². The Morgan fingerprint density at radius 1 is 0.538 bits per heavy atom. The molecule has 1 amide bonds. The van der Waals surface area contributed by atoms with E-state index in [0.717, 1.165) is 83.5 Å². The Morgan fingerprint density at radius 3 is 1.42 bits per heavy atom. The van der Waals surface area contributed by atoms with Crippen molar-refractivity contribution in [2.45, 2.75) is 187 Å². The summed E-state index contributed by atoms with van der Waals surface area (Å²) in [5.74, 6) is -0.235. The van der Waals surface area contributed by atoms with E-state index < -0.39 is 20.0 Å². The topological polar surface area (TPSA) is 105 Å². The first-order chi connectivity index (χ1) is 31.5. The van der Waals surface area contributed by atoms with Gasteiger partial charge >= 0.3 is 7.82 Å². The van der Waals surface area contributed by atoms with Crippen molar-refractivity contribution in [3.05, 3.63) is 122 Å². The van der Waals surface area contributed by atoms with E-state index in [-0.39, 0.29) is 25.5 Å². The Kier molecular flexibility index (Phi) is 43.8. The Hall–Kier alpha value is -3.10. The maximum atomic E-state index is 12.9. The third-order valence-corrected chi connectivity index (χ3v) is 11.4. The molecule has 0 radical (unpaired) electrons. The van der Waals surface area contributed by atoms with E-state index in [1.165, 1.54) is 64.2 Å². The van der Waals surface area contributed by atoms with Crippen molar-refractivity contribution >= 4 is 13.7 Å². The van der Waals surface area contributed by atoms with Crippen molar-refractivity contribution in [1.29, 1.82) is 0 Å². The summed E-state index contributed by atoms with van der Waals surface area (Å²) >= 11 is 0. The van der Waals surface area contributed by atoms with Crippen molar-refractivity contribution in [2.75, 3.05) is 40.9 Å². The molecule has 0 aromatic heterocycles. The SMILES string of the molecule is CC/C=C\C/C=C\C/C=C\C/C=C\C/C=C\C/C=C\C/C=C\C/C=C\CCCCC(=O)NC(COP(=O)(O)OCC[N+](C)(C)C)C(O)/C=C/CC/C=C/CCCCCCCCCCCC. The summed E-state index contributed by atoms with van der Waals surface area (Å²) in [5, 5.41) is 13.8. The van der Waals surface area contributed by atoms with E-state index in [0.29, 0.717) is 17.4 Å². The summed E-state index contributed by atoms with van der Waals surface area (Å²) in [4.78, 5) is 23.2. The van der Waals surface area contributed by atoms with Crippen LogP contribution in [0.25, 0.3) is 0 Å². The summed E-state index contributed by atoms with van der Waals surface area (Å²) in [6, 6.07) is -0.896. The number of quaternary nitrogens is 1. The number of unbranched alkanes of at least 4 members (excludes halogenated alkanes) is 13. The number of allylic oxidation sites excluding steroid dienone is 19. The zero-order valence-electron chi connectivity index (χ0n) is 41.9. The summed E-state index contributed by atoms with van der Waals surface area (Å²) in [6.07, 6.45) is 68.6. The van der Waals surface area contributed by atoms with Crippen molar-refractivity contribution < 1.29 is 32.9 Å². The second-order valence-corrected chi connectivity index (χ2v) is 19.3. The summed E-state index contributed by atoms with van der Waals surface area (Å²) in [5.41, 5.74) is 0. The molecular formula is C56H96N2O6P+. The Bertz CT molecular complexity index is 1460. The van der Waals surface area contributed by atoms with Gasteiger partial charge in [-0.3, -0.25) is 13.8 Å². The van der Waals surface area contributed by atoms with E-state index in [4.69, 9.17) is 9.05 Å². The number of amides is 1. The molecule has 0 spiro atoms. The van der Waals surface area contributed by atoms with Gasteiger partial charge in [0.15, 0.2) is 0 Å². The first kappa shape index (κ1) is 61.9. The molecule has 0 aromatic carbocycles. The highest BCUT2D eigenvalue weighted by Gasteiger charge is 2.27. The first-order valence-electron chi connectivity index (χ1n) is 25.4. The number of aliphatic hydroxyl groups excluding tert-OH is 1. The van der Waals surface area contributed by atoms with Gasteiger partial charge in [0.1, 0.15) is 13.2 Å². The average molecular weight is 924 g/mol. The van der Waals surface area contributed by atoms with E-state index in [9.17, 15) is 19.4 Å². The van der Waals surface area contributed by atoms with Crippen LogP contribution in [-0.4, -0.2) is 73.4 Å².